The summed E-state index contributed by atoms with van der Waals surface area (Å²) < 4.78 is 1.58. The Hall–Kier alpha value is -2.78. The quantitative estimate of drug-likeness (QED) is 0.720. The third-order valence-electron chi connectivity index (χ3n) is 4.13. The van der Waals surface area contributed by atoms with Gasteiger partial charge in [-0.1, -0.05) is 0 Å². The Balaban J connectivity index is 1.96. The molecule has 1 aliphatic heterocycles. The van der Waals surface area contributed by atoms with Crippen LogP contribution in [-0.2, 0) is 0 Å². The second-order valence-electron chi connectivity index (χ2n) is 5.64. The highest BCUT2D eigenvalue weighted by atomic mass is 32.1. The molecule has 9 heteroatoms. The molecule has 0 spiro atoms. The Morgan fingerprint density at radius 2 is 2.08 bits per heavy atom. The molecule has 8 nitrogen and oxygen atoms in total. The van der Waals surface area contributed by atoms with Crippen LogP contribution in [-0.4, -0.2) is 51.8 Å². The normalized spacial score (nSPS) is 14.8. The van der Waals surface area contributed by atoms with Crippen LogP contribution in [0.15, 0.2) is 34.7 Å². The number of carboxylic acids is 1. The maximum absolute atomic E-state index is 12.5. The molecule has 128 valence electrons. The largest absolute Gasteiger partial charge is 0.477 e. The number of aromatic carboxylic acids is 1. The molecule has 2 N–H and O–H groups in total. The number of rotatable bonds is 3. The van der Waals surface area contributed by atoms with Crippen molar-refractivity contribution < 1.29 is 9.90 Å². The van der Waals surface area contributed by atoms with Crippen molar-refractivity contribution in [1.82, 2.24) is 19.9 Å². The molecular weight excluding hydrogens is 342 g/mol. The Labute approximate surface area is 146 Å². The number of carbonyl (C=O) groups is 1. The molecule has 3 aromatic heterocycles. The maximum Gasteiger partial charge on any atom is 0.341 e. The monoisotopic (exact) mass is 357 g/mol. The van der Waals surface area contributed by atoms with Gasteiger partial charge in [0.1, 0.15) is 11.4 Å². The number of hydrogen-bond donors (Lipinski definition) is 2. The van der Waals surface area contributed by atoms with E-state index in [0.29, 0.717) is 10.8 Å². The van der Waals surface area contributed by atoms with E-state index < -0.39 is 11.4 Å². The molecule has 1 saturated heterocycles. The molecule has 0 amide bonds. The number of carboxylic acid groups (broad SMARTS) is 1. The fourth-order valence-corrected chi connectivity index (χ4v) is 3.51. The number of thiazole rings is 1. The third kappa shape index (κ3) is 2.77. The molecular formula is C16H15N5O3S. The summed E-state index contributed by atoms with van der Waals surface area (Å²) in [6.45, 7) is 3.40. The molecule has 1 fully saturated rings. The summed E-state index contributed by atoms with van der Waals surface area (Å²) in [5.74, 6) is -0.495. The van der Waals surface area contributed by atoms with E-state index in [-0.39, 0.29) is 10.9 Å². The number of fused-ring (bicyclic) bond motifs is 1. The van der Waals surface area contributed by atoms with Crippen LogP contribution in [0.2, 0.25) is 0 Å². The van der Waals surface area contributed by atoms with E-state index in [4.69, 9.17) is 0 Å². The number of anilines is 1. The number of nitrogens with one attached hydrogen (secondary N) is 1. The van der Waals surface area contributed by atoms with Crippen LogP contribution in [0.25, 0.3) is 16.2 Å². The summed E-state index contributed by atoms with van der Waals surface area (Å²) in [5.41, 5.74) is -0.407. The summed E-state index contributed by atoms with van der Waals surface area (Å²) in [6, 6.07) is 3.42. The van der Waals surface area contributed by atoms with Gasteiger partial charge in [-0.05, 0) is 12.1 Å². The summed E-state index contributed by atoms with van der Waals surface area (Å²) in [6.07, 6.45) is 2.94. The molecule has 3 aromatic rings. The SMILES string of the molecule is O=C(O)c1cn(-c2nccs2)c2nc(N3CCNCC3)ccc2c1=O. The van der Waals surface area contributed by atoms with Gasteiger partial charge < -0.3 is 15.3 Å². The van der Waals surface area contributed by atoms with E-state index >= 15 is 0 Å². The van der Waals surface area contributed by atoms with Gasteiger partial charge in [-0.15, -0.1) is 11.3 Å². The highest BCUT2D eigenvalue weighted by molar-refractivity contribution is 7.12. The predicted molar refractivity (Wildman–Crippen MR) is 95.1 cm³/mol. The first-order valence-corrected chi connectivity index (χ1v) is 8.68. The van der Waals surface area contributed by atoms with Crippen molar-refractivity contribution in [3.63, 3.8) is 0 Å². The van der Waals surface area contributed by atoms with Crippen molar-refractivity contribution in [2.24, 2.45) is 0 Å². The average molecular weight is 357 g/mol. The fraction of sp³-hybridized carbons (Fsp3) is 0.250. The molecule has 0 unspecified atom stereocenters. The molecule has 1 aliphatic rings. The zero-order chi connectivity index (χ0) is 17.4. The standard InChI is InChI=1S/C16H15N5O3S/c22-13-10-1-2-12(20-6-3-17-4-7-20)19-14(10)21(9-11(13)15(23)24)16-18-5-8-25-16/h1-2,5,8-9,17H,3-4,6-7H2,(H,23,24). The molecule has 4 heterocycles. The first kappa shape index (κ1) is 15.7. The van der Waals surface area contributed by atoms with Crippen LogP contribution < -0.4 is 15.6 Å². The van der Waals surface area contributed by atoms with Gasteiger partial charge in [0, 0.05) is 44.0 Å². The number of hydrogen-bond acceptors (Lipinski definition) is 7. The van der Waals surface area contributed by atoms with E-state index in [2.05, 4.69) is 20.2 Å². The van der Waals surface area contributed by atoms with Gasteiger partial charge in [0.2, 0.25) is 5.43 Å². The summed E-state index contributed by atoms with van der Waals surface area (Å²) in [4.78, 5) is 35.0. The highest BCUT2D eigenvalue weighted by Gasteiger charge is 2.19. The van der Waals surface area contributed by atoms with Crippen molar-refractivity contribution in [2.75, 3.05) is 31.1 Å². The predicted octanol–water partition coefficient (Wildman–Crippen LogP) is 0.950. The van der Waals surface area contributed by atoms with Gasteiger partial charge in [0.15, 0.2) is 10.8 Å². The van der Waals surface area contributed by atoms with Crippen LogP contribution in [0.5, 0.6) is 0 Å². The minimum absolute atomic E-state index is 0.272. The number of aromatic nitrogens is 3. The van der Waals surface area contributed by atoms with Crippen LogP contribution in [0.4, 0.5) is 5.82 Å². The number of nitrogens with zero attached hydrogens (tertiary/aromatic N) is 4. The Morgan fingerprint density at radius 1 is 1.28 bits per heavy atom. The van der Waals surface area contributed by atoms with Crippen LogP contribution >= 0.6 is 11.3 Å². The van der Waals surface area contributed by atoms with Crippen molar-refractivity contribution in [1.29, 1.82) is 0 Å². The Kier molecular flexibility index (Phi) is 3.94. The van der Waals surface area contributed by atoms with E-state index in [1.807, 2.05) is 0 Å². The lowest BCUT2D eigenvalue weighted by Gasteiger charge is -2.28. The van der Waals surface area contributed by atoms with Crippen LogP contribution in [0, 0.1) is 0 Å². The molecule has 0 bridgehead atoms. The lowest BCUT2D eigenvalue weighted by molar-refractivity contribution is 0.0695. The lowest BCUT2D eigenvalue weighted by atomic mass is 10.2. The van der Waals surface area contributed by atoms with E-state index in [1.165, 1.54) is 17.5 Å². The number of pyridine rings is 2. The average Bonchev–Trinajstić information content (AvgIpc) is 3.16. The van der Waals surface area contributed by atoms with Crippen molar-refractivity contribution in [2.45, 2.75) is 0 Å². The van der Waals surface area contributed by atoms with Crippen LogP contribution in [0.1, 0.15) is 10.4 Å². The molecule has 25 heavy (non-hydrogen) atoms. The van der Waals surface area contributed by atoms with Crippen molar-refractivity contribution in [3.05, 3.63) is 45.7 Å². The topological polar surface area (TPSA) is 100 Å². The van der Waals surface area contributed by atoms with Gasteiger partial charge in [-0.2, -0.15) is 0 Å². The van der Waals surface area contributed by atoms with Gasteiger partial charge in [0.05, 0.1) is 5.39 Å². The maximum atomic E-state index is 12.5. The molecule has 0 aliphatic carbocycles. The number of piperazine rings is 1. The Morgan fingerprint density at radius 3 is 2.76 bits per heavy atom. The lowest BCUT2D eigenvalue weighted by Crippen LogP contribution is -2.43. The van der Waals surface area contributed by atoms with Crippen molar-refractivity contribution in [3.8, 4) is 5.13 Å². The molecule has 0 atom stereocenters. The zero-order valence-corrected chi connectivity index (χ0v) is 14.0. The minimum Gasteiger partial charge on any atom is -0.477 e. The smallest absolute Gasteiger partial charge is 0.341 e. The third-order valence-corrected chi connectivity index (χ3v) is 4.90. The Bertz CT molecular complexity index is 993. The summed E-state index contributed by atoms with van der Waals surface area (Å²) in [5, 5.41) is 15.3. The van der Waals surface area contributed by atoms with Gasteiger partial charge >= 0.3 is 5.97 Å². The fourth-order valence-electron chi connectivity index (χ4n) is 2.90. The molecule has 0 radical (unpaired) electrons. The minimum atomic E-state index is -1.26. The van der Waals surface area contributed by atoms with Gasteiger partial charge in [-0.25, -0.2) is 14.8 Å². The summed E-state index contributed by atoms with van der Waals surface area (Å²) in [7, 11) is 0. The second-order valence-corrected chi connectivity index (χ2v) is 6.51. The van der Waals surface area contributed by atoms with E-state index in [0.717, 1.165) is 32.0 Å². The van der Waals surface area contributed by atoms with E-state index in [1.54, 1.807) is 28.3 Å². The van der Waals surface area contributed by atoms with Gasteiger partial charge in [-0.3, -0.25) is 9.36 Å². The second kappa shape index (κ2) is 6.26. The van der Waals surface area contributed by atoms with Crippen molar-refractivity contribution >= 4 is 34.2 Å². The molecule has 0 aromatic carbocycles. The van der Waals surface area contributed by atoms with Gasteiger partial charge in [0.25, 0.3) is 0 Å². The zero-order valence-electron chi connectivity index (χ0n) is 13.2. The van der Waals surface area contributed by atoms with Crippen LogP contribution in [0.3, 0.4) is 0 Å². The first-order valence-electron chi connectivity index (χ1n) is 7.80. The highest BCUT2D eigenvalue weighted by Crippen LogP contribution is 2.21. The molecule has 0 saturated carbocycles. The summed E-state index contributed by atoms with van der Waals surface area (Å²) >= 11 is 1.35. The first-order chi connectivity index (χ1) is 12.1. The van der Waals surface area contributed by atoms with E-state index in [9.17, 15) is 14.7 Å². The molecule has 4 rings (SSSR count).